The Labute approximate surface area is 115 Å². The number of likely N-dealkylation sites (tertiary alicyclic amines) is 1. The van der Waals surface area contributed by atoms with E-state index < -0.39 is 0 Å². The standard InChI is InChI=1S/C15H24N2O2/c1-6-11-8-7-9-17(11)14(18)12-10(2)19-16-13(12)15(3,4)5/h11H,6-9H2,1-5H3. The van der Waals surface area contributed by atoms with Gasteiger partial charge in [-0.05, 0) is 26.2 Å². The van der Waals surface area contributed by atoms with Crippen LogP contribution in [-0.4, -0.2) is 28.6 Å². The van der Waals surface area contributed by atoms with Crippen molar-refractivity contribution in [1.29, 1.82) is 0 Å². The summed E-state index contributed by atoms with van der Waals surface area (Å²) in [5, 5.41) is 4.11. The van der Waals surface area contributed by atoms with E-state index in [1.54, 1.807) is 0 Å². The Morgan fingerprint density at radius 1 is 1.47 bits per heavy atom. The molecule has 1 fully saturated rings. The lowest BCUT2D eigenvalue weighted by Crippen LogP contribution is -2.36. The highest BCUT2D eigenvalue weighted by Crippen LogP contribution is 2.30. The van der Waals surface area contributed by atoms with Gasteiger partial charge in [-0.25, -0.2) is 0 Å². The van der Waals surface area contributed by atoms with Crippen molar-refractivity contribution in [2.75, 3.05) is 6.54 Å². The second kappa shape index (κ2) is 4.99. The van der Waals surface area contributed by atoms with Crippen LogP contribution in [0, 0.1) is 6.92 Å². The molecule has 4 nitrogen and oxygen atoms in total. The third kappa shape index (κ3) is 2.53. The molecule has 1 aliphatic rings. The predicted octanol–water partition coefficient (Wildman–Crippen LogP) is 3.30. The van der Waals surface area contributed by atoms with Gasteiger partial charge in [0.25, 0.3) is 5.91 Å². The first-order valence-electron chi connectivity index (χ1n) is 7.14. The fraction of sp³-hybridized carbons (Fsp3) is 0.733. The zero-order valence-corrected chi connectivity index (χ0v) is 12.6. The number of amides is 1. The number of rotatable bonds is 2. The molecule has 0 bridgehead atoms. The van der Waals surface area contributed by atoms with Crippen molar-refractivity contribution in [1.82, 2.24) is 10.1 Å². The number of carbonyl (C=O) groups is 1. The van der Waals surface area contributed by atoms with Crippen LogP contribution in [-0.2, 0) is 5.41 Å². The molecule has 0 N–H and O–H groups in total. The second-order valence-electron chi connectivity index (χ2n) is 6.42. The topological polar surface area (TPSA) is 46.3 Å². The van der Waals surface area contributed by atoms with Gasteiger partial charge in [0.05, 0.1) is 0 Å². The van der Waals surface area contributed by atoms with Crippen LogP contribution in [0.1, 0.15) is 68.8 Å². The summed E-state index contributed by atoms with van der Waals surface area (Å²) in [5.74, 6) is 0.727. The van der Waals surface area contributed by atoms with Crippen LogP contribution in [0.5, 0.6) is 0 Å². The largest absolute Gasteiger partial charge is 0.361 e. The normalized spacial score (nSPS) is 20.1. The molecule has 19 heavy (non-hydrogen) atoms. The van der Waals surface area contributed by atoms with E-state index in [0.717, 1.165) is 31.5 Å². The Hall–Kier alpha value is -1.32. The van der Waals surface area contributed by atoms with Gasteiger partial charge in [0.2, 0.25) is 0 Å². The summed E-state index contributed by atoms with van der Waals surface area (Å²) in [7, 11) is 0. The van der Waals surface area contributed by atoms with Crippen molar-refractivity contribution in [3.05, 3.63) is 17.0 Å². The van der Waals surface area contributed by atoms with Crippen LogP contribution in [0.15, 0.2) is 4.52 Å². The summed E-state index contributed by atoms with van der Waals surface area (Å²) < 4.78 is 5.27. The van der Waals surface area contributed by atoms with Gasteiger partial charge in [-0.1, -0.05) is 32.9 Å². The van der Waals surface area contributed by atoms with Crippen LogP contribution in [0.3, 0.4) is 0 Å². The average molecular weight is 264 g/mol. The number of hydrogen-bond acceptors (Lipinski definition) is 3. The fourth-order valence-corrected chi connectivity index (χ4v) is 2.81. The van der Waals surface area contributed by atoms with Crippen LogP contribution in [0.2, 0.25) is 0 Å². The second-order valence-corrected chi connectivity index (χ2v) is 6.42. The monoisotopic (exact) mass is 264 g/mol. The molecule has 0 aromatic carbocycles. The number of hydrogen-bond donors (Lipinski definition) is 0. The van der Waals surface area contributed by atoms with Gasteiger partial charge in [0, 0.05) is 18.0 Å². The Morgan fingerprint density at radius 2 is 2.16 bits per heavy atom. The maximum atomic E-state index is 12.8. The SMILES string of the molecule is CCC1CCCN1C(=O)c1c(C(C)(C)C)noc1C. The summed E-state index contributed by atoms with van der Waals surface area (Å²) in [6.45, 7) is 11.0. The van der Waals surface area contributed by atoms with E-state index >= 15 is 0 Å². The maximum absolute atomic E-state index is 12.8. The molecule has 106 valence electrons. The zero-order valence-electron chi connectivity index (χ0n) is 12.6. The van der Waals surface area contributed by atoms with Crippen molar-refractivity contribution >= 4 is 5.91 Å². The van der Waals surface area contributed by atoms with Gasteiger partial charge in [-0.2, -0.15) is 0 Å². The molecule has 0 spiro atoms. The van der Waals surface area contributed by atoms with Crippen LogP contribution in [0.25, 0.3) is 0 Å². The van der Waals surface area contributed by atoms with Gasteiger partial charge in [0.15, 0.2) is 0 Å². The van der Waals surface area contributed by atoms with E-state index in [0.29, 0.717) is 17.4 Å². The summed E-state index contributed by atoms with van der Waals surface area (Å²) in [4.78, 5) is 14.8. The summed E-state index contributed by atoms with van der Waals surface area (Å²) >= 11 is 0. The van der Waals surface area contributed by atoms with Crippen molar-refractivity contribution in [2.45, 2.75) is 65.3 Å². The van der Waals surface area contributed by atoms with Gasteiger partial charge in [-0.15, -0.1) is 0 Å². The number of aryl methyl sites for hydroxylation is 1. The molecule has 0 aliphatic carbocycles. The predicted molar refractivity (Wildman–Crippen MR) is 74.3 cm³/mol. The molecule has 2 heterocycles. The molecular weight excluding hydrogens is 240 g/mol. The molecule has 0 radical (unpaired) electrons. The first kappa shape index (κ1) is 14.1. The van der Waals surface area contributed by atoms with Crippen molar-refractivity contribution in [3.63, 3.8) is 0 Å². The van der Waals surface area contributed by atoms with Gasteiger partial charge in [-0.3, -0.25) is 4.79 Å². The van der Waals surface area contributed by atoms with E-state index in [-0.39, 0.29) is 11.3 Å². The average Bonchev–Trinajstić information content (AvgIpc) is 2.92. The third-order valence-corrected chi connectivity index (χ3v) is 3.90. The van der Waals surface area contributed by atoms with Crippen molar-refractivity contribution < 1.29 is 9.32 Å². The van der Waals surface area contributed by atoms with E-state index in [1.807, 2.05) is 11.8 Å². The first-order valence-corrected chi connectivity index (χ1v) is 7.14. The lowest BCUT2D eigenvalue weighted by atomic mass is 9.88. The van der Waals surface area contributed by atoms with E-state index in [9.17, 15) is 4.79 Å². The summed E-state index contributed by atoms with van der Waals surface area (Å²) in [5.41, 5.74) is 1.27. The minimum absolute atomic E-state index is 0.0908. The minimum Gasteiger partial charge on any atom is -0.361 e. The lowest BCUT2D eigenvalue weighted by molar-refractivity contribution is 0.0729. The molecular formula is C15H24N2O2. The highest BCUT2D eigenvalue weighted by atomic mass is 16.5. The third-order valence-electron chi connectivity index (χ3n) is 3.90. The lowest BCUT2D eigenvalue weighted by Gasteiger charge is -2.25. The molecule has 0 saturated carbocycles. The van der Waals surface area contributed by atoms with Gasteiger partial charge >= 0.3 is 0 Å². The Balaban J connectivity index is 2.36. The Bertz CT molecular complexity index is 471. The van der Waals surface area contributed by atoms with Crippen LogP contribution in [0.4, 0.5) is 0 Å². The van der Waals surface area contributed by atoms with Crippen molar-refractivity contribution in [2.24, 2.45) is 0 Å². The molecule has 1 aromatic heterocycles. The van der Waals surface area contributed by atoms with Crippen LogP contribution < -0.4 is 0 Å². The van der Waals surface area contributed by atoms with Gasteiger partial charge in [0.1, 0.15) is 17.0 Å². The molecule has 1 saturated heterocycles. The molecule has 1 amide bonds. The highest BCUT2D eigenvalue weighted by molar-refractivity contribution is 5.96. The molecule has 1 atom stereocenters. The number of aromatic nitrogens is 1. The van der Waals surface area contributed by atoms with E-state index in [1.165, 1.54) is 0 Å². The summed E-state index contributed by atoms with van der Waals surface area (Å²) in [6.07, 6.45) is 3.22. The highest BCUT2D eigenvalue weighted by Gasteiger charge is 2.35. The smallest absolute Gasteiger partial charge is 0.259 e. The zero-order chi connectivity index (χ0) is 14.2. The van der Waals surface area contributed by atoms with E-state index in [2.05, 4.69) is 32.9 Å². The van der Waals surface area contributed by atoms with E-state index in [4.69, 9.17) is 4.52 Å². The fourth-order valence-electron chi connectivity index (χ4n) is 2.81. The first-order chi connectivity index (χ1) is 8.86. The number of nitrogens with zero attached hydrogens (tertiary/aromatic N) is 2. The molecule has 2 rings (SSSR count). The molecule has 1 aromatic rings. The van der Waals surface area contributed by atoms with Gasteiger partial charge < -0.3 is 9.42 Å². The Kier molecular flexibility index (Phi) is 3.70. The maximum Gasteiger partial charge on any atom is 0.259 e. The Morgan fingerprint density at radius 3 is 2.74 bits per heavy atom. The minimum atomic E-state index is -0.176. The molecule has 1 aliphatic heterocycles. The van der Waals surface area contributed by atoms with Crippen LogP contribution >= 0.6 is 0 Å². The molecule has 4 heteroatoms. The molecule has 1 unspecified atom stereocenters. The van der Waals surface area contributed by atoms with Crippen molar-refractivity contribution in [3.8, 4) is 0 Å². The quantitative estimate of drug-likeness (QED) is 0.823. The summed E-state index contributed by atoms with van der Waals surface area (Å²) in [6, 6.07) is 0.370. The number of carbonyl (C=O) groups excluding carboxylic acids is 1.